The molecule has 1 aliphatic carbocycles. The van der Waals surface area contributed by atoms with Crippen LogP contribution in [0.2, 0.25) is 0 Å². The topological polar surface area (TPSA) is 60.9 Å². The number of rotatable bonds is 3. The summed E-state index contributed by atoms with van der Waals surface area (Å²) >= 11 is 1.29. The second-order valence-corrected chi connectivity index (χ2v) is 8.56. The second kappa shape index (κ2) is 6.60. The van der Waals surface area contributed by atoms with E-state index in [1.165, 1.54) is 22.5 Å². The van der Waals surface area contributed by atoms with E-state index in [9.17, 15) is 4.79 Å². The summed E-state index contributed by atoms with van der Waals surface area (Å²) in [4.78, 5) is 19.2. The molecule has 6 nitrogen and oxygen atoms in total. The number of aromatic nitrogens is 1. The van der Waals surface area contributed by atoms with Crippen molar-refractivity contribution in [3.8, 4) is 11.5 Å². The largest absolute Gasteiger partial charge is 0.493 e. The molecule has 3 aliphatic rings. The van der Waals surface area contributed by atoms with Crippen molar-refractivity contribution in [1.29, 1.82) is 0 Å². The summed E-state index contributed by atoms with van der Waals surface area (Å²) < 4.78 is 17.7. The minimum Gasteiger partial charge on any atom is -0.493 e. The van der Waals surface area contributed by atoms with Gasteiger partial charge in [-0.15, -0.1) is 11.3 Å². The molecule has 0 amide bonds. The quantitative estimate of drug-likeness (QED) is 0.585. The van der Waals surface area contributed by atoms with Crippen LogP contribution in [0.4, 0.5) is 0 Å². The molecule has 28 heavy (non-hydrogen) atoms. The first-order valence-corrected chi connectivity index (χ1v) is 10.3. The third kappa shape index (κ3) is 2.64. The molecule has 2 aromatic rings. The molecule has 0 fully saturated rings. The molecule has 0 unspecified atom stereocenters. The minimum atomic E-state index is -0.331. The lowest BCUT2D eigenvalue weighted by Gasteiger charge is -2.36. The normalized spacial score (nSPS) is 28.1. The summed E-state index contributed by atoms with van der Waals surface area (Å²) in [6, 6.07) is 4.14. The number of hydrogen-bond donors (Lipinski definition) is 0. The van der Waals surface area contributed by atoms with Gasteiger partial charge in [-0.1, -0.05) is 12.1 Å². The van der Waals surface area contributed by atoms with E-state index in [0.717, 1.165) is 31.0 Å². The van der Waals surface area contributed by atoms with Gasteiger partial charge < -0.3 is 19.1 Å². The number of benzene rings is 1. The highest BCUT2D eigenvalue weighted by Crippen LogP contribution is 2.55. The molecule has 1 aromatic carbocycles. The Hall–Kier alpha value is -2.38. The van der Waals surface area contributed by atoms with Crippen molar-refractivity contribution < 1.29 is 19.0 Å². The number of methoxy groups -OCH3 is 1. The van der Waals surface area contributed by atoms with Crippen LogP contribution < -0.4 is 9.47 Å². The standard InChI is InChI=1S/C21H22N2O4S/c1-23-8-7-21-6-5-14(26-20(24)16-10-22-12-28-16)9-17(21)27-19-15(25-2)4-3-13(11-23)18(19)21/h3-6,10,12,14,17H,7-9,11H2,1-2H3/t14-,17-,21-/m0/s1. The Labute approximate surface area is 167 Å². The fourth-order valence-electron chi connectivity index (χ4n) is 4.66. The maximum atomic E-state index is 12.3. The highest BCUT2D eigenvalue weighted by molar-refractivity contribution is 7.11. The van der Waals surface area contributed by atoms with E-state index in [-0.39, 0.29) is 23.6 Å². The summed E-state index contributed by atoms with van der Waals surface area (Å²) in [7, 11) is 3.82. The predicted octanol–water partition coefficient (Wildman–Crippen LogP) is 3.17. The fourth-order valence-corrected chi connectivity index (χ4v) is 5.17. The average Bonchev–Trinajstić information content (AvgIpc) is 3.30. The zero-order valence-corrected chi connectivity index (χ0v) is 16.7. The molecule has 3 heterocycles. The summed E-state index contributed by atoms with van der Waals surface area (Å²) in [5.74, 6) is 1.28. The third-order valence-corrected chi connectivity index (χ3v) is 6.78. The Bertz CT molecular complexity index is 942. The summed E-state index contributed by atoms with van der Waals surface area (Å²) in [6.45, 7) is 1.87. The van der Waals surface area contributed by atoms with Gasteiger partial charge in [0.1, 0.15) is 17.1 Å². The van der Waals surface area contributed by atoms with E-state index in [4.69, 9.17) is 14.2 Å². The van der Waals surface area contributed by atoms with Gasteiger partial charge in [-0.2, -0.15) is 0 Å². The first-order chi connectivity index (χ1) is 13.6. The molecule has 7 heteroatoms. The lowest BCUT2D eigenvalue weighted by atomic mass is 9.69. The molecule has 3 atom stereocenters. The van der Waals surface area contributed by atoms with Gasteiger partial charge in [-0.25, -0.2) is 4.79 Å². The van der Waals surface area contributed by atoms with Gasteiger partial charge in [0.05, 0.1) is 24.2 Å². The average molecular weight is 398 g/mol. The van der Waals surface area contributed by atoms with E-state index in [1.807, 2.05) is 12.1 Å². The van der Waals surface area contributed by atoms with Crippen LogP contribution in [-0.2, 0) is 16.7 Å². The van der Waals surface area contributed by atoms with Crippen molar-refractivity contribution in [2.24, 2.45) is 0 Å². The van der Waals surface area contributed by atoms with Crippen LogP contribution in [0.15, 0.2) is 36.0 Å². The third-order valence-electron chi connectivity index (χ3n) is 6.02. The second-order valence-electron chi connectivity index (χ2n) is 7.67. The maximum absolute atomic E-state index is 12.3. The Balaban J connectivity index is 1.50. The van der Waals surface area contributed by atoms with E-state index in [1.54, 1.807) is 18.8 Å². The molecule has 0 N–H and O–H groups in total. The van der Waals surface area contributed by atoms with Crippen LogP contribution in [0.5, 0.6) is 11.5 Å². The van der Waals surface area contributed by atoms with Crippen LogP contribution in [0.25, 0.3) is 0 Å². The Kier molecular flexibility index (Phi) is 4.17. The van der Waals surface area contributed by atoms with Gasteiger partial charge in [-0.3, -0.25) is 4.98 Å². The van der Waals surface area contributed by atoms with Crippen LogP contribution in [0, 0.1) is 0 Å². The van der Waals surface area contributed by atoms with Gasteiger partial charge in [0, 0.05) is 18.5 Å². The minimum absolute atomic E-state index is 0.0756. The number of carbonyl (C=O) groups is 1. The van der Waals surface area contributed by atoms with Crippen molar-refractivity contribution in [2.45, 2.75) is 37.0 Å². The van der Waals surface area contributed by atoms with Gasteiger partial charge in [0.25, 0.3) is 0 Å². The van der Waals surface area contributed by atoms with Crippen molar-refractivity contribution in [1.82, 2.24) is 9.88 Å². The van der Waals surface area contributed by atoms with Gasteiger partial charge >= 0.3 is 5.97 Å². The smallest absolute Gasteiger partial charge is 0.350 e. The van der Waals surface area contributed by atoms with Crippen molar-refractivity contribution in [3.05, 3.63) is 52.0 Å². The molecule has 0 saturated heterocycles. The molecular weight excluding hydrogens is 376 g/mol. The van der Waals surface area contributed by atoms with Crippen molar-refractivity contribution in [2.75, 3.05) is 20.7 Å². The Morgan fingerprint density at radius 3 is 3.11 bits per heavy atom. The highest BCUT2D eigenvalue weighted by Gasteiger charge is 2.53. The van der Waals surface area contributed by atoms with Crippen LogP contribution >= 0.6 is 11.3 Å². The number of ether oxygens (including phenoxy) is 3. The van der Waals surface area contributed by atoms with Crippen molar-refractivity contribution >= 4 is 17.3 Å². The van der Waals surface area contributed by atoms with Gasteiger partial charge in [-0.05, 0) is 37.7 Å². The monoisotopic (exact) mass is 398 g/mol. The molecule has 0 bridgehead atoms. The SMILES string of the molecule is COc1ccc2c3c1O[C@H]1C[C@@H](OC(=O)c4cncs4)C=C[C@@]31CCN(C)C2. The lowest BCUT2D eigenvalue weighted by molar-refractivity contribution is 0.0222. The molecule has 0 saturated carbocycles. The van der Waals surface area contributed by atoms with E-state index >= 15 is 0 Å². The van der Waals surface area contributed by atoms with Crippen LogP contribution in [0.3, 0.4) is 0 Å². The van der Waals surface area contributed by atoms with Gasteiger partial charge in [0.2, 0.25) is 0 Å². The zero-order valence-electron chi connectivity index (χ0n) is 15.9. The fraction of sp³-hybridized carbons (Fsp3) is 0.429. The van der Waals surface area contributed by atoms with E-state index < -0.39 is 0 Å². The lowest BCUT2D eigenvalue weighted by Crippen LogP contribution is -2.43. The van der Waals surface area contributed by atoms with Crippen LogP contribution in [0.1, 0.15) is 33.6 Å². The predicted molar refractivity (Wildman–Crippen MR) is 105 cm³/mol. The van der Waals surface area contributed by atoms with Crippen molar-refractivity contribution in [3.63, 3.8) is 0 Å². The summed E-state index contributed by atoms with van der Waals surface area (Å²) in [5, 5.41) is 0. The molecule has 2 aliphatic heterocycles. The van der Waals surface area contributed by atoms with E-state index in [0.29, 0.717) is 11.3 Å². The highest BCUT2D eigenvalue weighted by atomic mass is 32.1. The summed E-state index contributed by atoms with van der Waals surface area (Å²) in [6.07, 6.45) is 6.99. The Morgan fingerprint density at radius 2 is 2.32 bits per heavy atom. The number of thiazole rings is 1. The number of hydrogen-bond acceptors (Lipinski definition) is 7. The zero-order chi connectivity index (χ0) is 19.3. The molecule has 1 spiro atoms. The molecule has 1 aromatic heterocycles. The Morgan fingerprint density at radius 1 is 1.43 bits per heavy atom. The summed E-state index contributed by atoms with van der Waals surface area (Å²) in [5.41, 5.74) is 3.96. The molecule has 146 valence electrons. The maximum Gasteiger partial charge on any atom is 0.350 e. The number of carbonyl (C=O) groups excluding carboxylic acids is 1. The van der Waals surface area contributed by atoms with Crippen LogP contribution in [-0.4, -0.2) is 48.8 Å². The molecule has 0 radical (unpaired) electrons. The first kappa shape index (κ1) is 17.7. The molecular formula is C21H22N2O4S. The van der Waals surface area contributed by atoms with Gasteiger partial charge in [0.15, 0.2) is 11.5 Å². The first-order valence-electron chi connectivity index (χ1n) is 9.45. The molecule has 5 rings (SSSR count). The van der Waals surface area contributed by atoms with E-state index in [2.05, 4.69) is 29.1 Å². The number of nitrogens with zero attached hydrogens (tertiary/aromatic N) is 2. The number of esters is 1.